The molecule has 2 aromatic carbocycles. The van der Waals surface area contributed by atoms with E-state index in [9.17, 15) is 4.79 Å². The van der Waals surface area contributed by atoms with E-state index in [0.29, 0.717) is 12.4 Å². The molecule has 4 heterocycles. The van der Waals surface area contributed by atoms with Gasteiger partial charge >= 0.3 is 0 Å². The second kappa shape index (κ2) is 9.18. The third-order valence-electron chi connectivity index (χ3n) is 6.90. The third-order valence-corrected chi connectivity index (χ3v) is 6.90. The van der Waals surface area contributed by atoms with E-state index >= 15 is 0 Å². The van der Waals surface area contributed by atoms with Crippen molar-refractivity contribution in [1.82, 2.24) is 35.4 Å². The first kappa shape index (κ1) is 24.0. The molecule has 3 aromatic heterocycles. The van der Waals surface area contributed by atoms with Crippen LogP contribution < -0.4 is 10.6 Å². The predicted molar refractivity (Wildman–Crippen MR) is 143 cm³/mol. The highest BCUT2D eigenvalue weighted by atomic mass is 16.5. The Labute approximate surface area is 220 Å². The Bertz CT molecular complexity index is 1680. The molecule has 0 saturated carbocycles. The fourth-order valence-corrected chi connectivity index (χ4v) is 4.70. The van der Waals surface area contributed by atoms with Gasteiger partial charge in [-0.15, -0.1) is 0 Å². The molecule has 0 radical (unpaired) electrons. The molecule has 5 aromatic rings. The Morgan fingerprint density at radius 1 is 1.05 bits per heavy atom. The number of benzene rings is 2. The molecule has 192 valence electrons. The lowest BCUT2D eigenvalue weighted by atomic mass is 9.97. The first-order valence-electron chi connectivity index (χ1n) is 12.6. The SMILES string of the molecule is Cc1cc(-c2ncnn3cc(-c4ccc5c(c4)CNC5)cc23)ccc1CNC(=O)c1noc(C(C)(C)C)n1. The summed E-state index contributed by atoms with van der Waals surface area (Å²) in [5.74, 6) is 0.102. The molecule has 1 aliphatic heterocycles. The molecule has 0 bridgehead atoms. The van der Waals surface area contributed by atoms with E-state index < -0.39 is 0 Å². The first-order valence-corrected chi connectivity index (χ1v) is 12.6. The van der Waals surface area contributed by atoms with E-state index in [1.807, 2.05) is 50.5 Å². The van der Waals surface area contributed by atoms with Crippen LogP contribution in [0.1, 0.15) is 59.5 Å². The molecule has 0 spiro atoms. The van der Waals surface area contributed by atoms with Gasteiger partial charge in [0.05, 0.1) is 11.2 Å². The second-order valence-corrected chi connectivity index (χ2v) is 10.8. The quantitative estimate of drug-likeness (QED) is 0.358. The summed E-state index contributed by atoms with van der Waals surface area (Å²) >= 11 is 0. The van der Waals surface area contributed by atoms with Crippen LogP contribution >= 0.6 is 0 Å². The number of amides is 1. The molecular weight excluding hydrogens is 478 g/mol. The molecule has 0 fully saturated rings. The van der Waals surface area contributed by atoms with Crippen molar-refractivity contribution in [3.63, 3.8) is 0 Å². The molecule has 6 rings (SSSR count). The normalized spacial score (nSPS) is 13.2. The van der Waals surface area contributed by atoms with E-state index in [-0.39, 0.29) is 17.1 Å². The number of carbonyl (C=O) groups excluding carboxylic acids is 1. The summed E-state index contributed by atoms with van der Waals surface area (Å²) in [6.07, 6.45) is 3.63. The number of hydrogen-bond acceptors (Lipinski definition) is 7. The van der Waals surface area contributed by atoms with Crippen molar-refractivity contribution >= 4 is 11.4 Å². The molecular formula is C29H29N7O2. The fraction of sp³-hybridized carbons (Fsp3) is 0.276. The van der Waals surface area contributed by atoms with E-state index in [4.69, 9.17) is 4.52 Å². The number of nitrogens with one attached hydrogen (secondary N) is 2. The zero-order valence-corrected chi connectivity index (χ0v) is 21.9. The van der Waals surface area contributed by atoms with E-state index in [1.54, 1.807) is 6.33 Å². The van der Waals surface area contributed by atoms with Gasteiger partial charge in [0.15, 0.2) is 0 Å². The van der Waals surface area contributed by atoms with Crippen LogP contribution in [0.15, 0.2) is 59.5 Å². The standard InChI is InChI=1S/C29H29N7O2/c1-17-9-19(6-7-20(17)14-31-27(37)26-34-28(38-35-26)29(2,3)4)25-24-11-23(15-36(24)33-16-32-25)18-5-8-21-12-30-13-22(21)10-18/h5-11,15-16,30H,12-14H2,1-4H3,(H,31,37). The van der Waals surface area contributed by atoms with Crippen LogP contribution in [0.4, 0.5) is 0 Å². The highest BCUT2D eigenvalue weighted by Gasteiger charge is 2.24. The lowest BCUT2D eigenvalue weighted by molar-refractivity contribution is 0.0937. The number of carbonyl (C=O) groups is 1. The number of fused-ring (bicyclic) bond motifs is 2. The van der Waals surface area contributed by atoms with Gasteiger partial charge in [-0.3, -0.25) is 4.79 Å². The minimum absolute atomic E-state index is 0.0382. The van der Waals surface area contributed by atoms with Crippen molar-refractivity contribution in [2.75, 3.05) is 0 Å². The topological polar surface area (TPSA) is 110 Å². The monoisotopic (exact) mass is 507 g/mol. The maximum atomic E-state index is 12.6. The van der Waals surface area contributed by atoms with Gasteiger partial charge in [0.2, 0.25) is 5.89 Å². The Morgan fingerprint density at radius 3 is 2.66 bits per heavy atom. The molecule has 2 N–H and O–H groups in total. The minimum Gasteiger partial charge on any atom is -0.345 e. The van der Waals surface area contributed by atoms with Crippen molar-refractivity contribution in [1.29, 1.82) is 0 Å². The van der Waals surface area contributed by atoms with Crippen molar-refractivity contribution in [3.8, 4) is 22.4 Å². The van der Waals surface area contributed by atoms with Crippen LogP contribution in [0, 0.1) is 6.92 Å². The molecule has 9 nitrogen and oxygen atoms in total. The van der Waals surface area contributed by atoms with Crippen LogP contribution in [-0.2, 0) is 25.0 Å². The molecule has 0 aliphatic carbocycles. The summed E-state index contributed by atoms with van der Waals surface area (Å²) in [6.45, 7) is 10.1. The maximum Gasteiger partial charge on any atom is 0.292 e. The summed E-state index contributed by atoms with van der Waals surface area (Å²) < 4.78 is 7.11. The van der Waals surface area contributed by atoms with Gasteiger partial charge in [-0.1, -0.05) is 50.2 Å². The molecule has 0 saturated heterocycles. The van der Waals surface area contributed by atoms with Gasteiger partial charge in [0, 0.05) is 42.4 Å². The smallest absolute Gasteiger partial charge is 0.292 e. The Kier molecular flexibility index (Phi) is 5.80. The molecule has 1 aliphatic rings. The Morgan fingerprint density at radius 2 is 1.87 bits per heavy atom. The highest BCUT2D eigenvalue weighted by molar-refractivity contribution is 5.90. The van der Waals surface area contributed by atoms with Crippen LogP contribution in [0.3, 0.4) is 0 Å². The summed E-state index contributed by atoms with van der Waals surface area (Å²) in [6, 6.07) is 14.9. The van der Waals surface area contributed by atoms with Crippen LogP contribution in [0.2, 0.25) is 0 Å². The van der Waals surface area contributed by atoms with E-state index in [1.165, 1.54) is 16.7 Å². The third kappa shape index (κ3) is 4.45. The largest absolute Gasteiger partial charge is 0.345 e. The maximum absolute atomic E-state index is 12.6. The minimum atomic E-state index is -0.367. The average Bonchev–Trinajstić information content (AvgIpc) is 3.66. The number of hydrogen-bond donors (Lipinski definition) is 2. The van der Waals surface area contributed by atoms with Crippen LogP contribution in [0.5, 0.6) is 0 Å². The van der Waals surface area contributed by atoms with Gasteiger partial charge in [-0.25, -0.2) is 9.50 Å². The second-order valence-electron chi connectivity index (χ2n) is 10.8. The fourth-order valence-electron chi connectivity index (χ4n) is 4.70. The van der Waals surface area contributed by atoms with Gasteiger partial charge in [-0.05, 0) is 52.9 Å². The van der Waals surface area contributed by atoms with Gasteiger partial charge < -0.3 is 15.2 Å². The van der Waals surface area contributed by atoms with Gasteiger partial charge in [0.1, 0.15) is 6.33 Å². The van der Waals surface area contributed by atoms with Crippen molar-refractivity contribution in [2.24, 2.45) is 0 Å². The Balaban J connectivity index is 1.23. The lowest BCUT2D eigenvalue weighted by Gasteiger charge is -2.10. The van der Waals surface area contributed by atoms with Gasteiger partial charge in [0.25, 0.3) is 11.7 Å². The van der Waals surface area contributed by atoms with E-state index in [0.717, 1.165) is 46.6 Å². The predicted octanol–water partition coefficient (Wildman–Crippen LogP) is 4.59. The summed E-state index contributed by atoms with van der Waals surface area (Å²) in [5.41, 5.74) is 9.48. The first-order chi connectivity index (χ1) is 18.3. The molecule has 38 heavy (non-hydrogen) atoms. The average molecular weight is 508 g/mol. The van der Waals surface area contributed by atoms with Gasteiger partial charge in [-0.2, -0.15) is 10.1 Å². The highest BCUT2D eigenvalue weighted by Crippen LogP contribution is 2.31. The zero-order chi connectivity index (χ0) is 26.4. The van der Waals surface area contributed by atoms with Crippen molar-refractivity contribution in [3.05, 3.63) is 89.0 Å². The summed E-state index contributed by atoms with van der Waals surface area (Å²) in [4.78, 5) is 21.4. The van der Waals surface area contributed by atoms with Crippen LogP contribution in [-0.4, -0.2) is 30.6 Å². The molecule has 0 unspecified atom stereocenters. The summed E-state index contributed by atoms with van der Waals surface area (Å²) in [5, 5.41) is 14.6. The van der Waals surface area contributed by atoms with Crippen LogP contribution in [0.25, 0.3) is 27.9 Å². The number of nitrogens with zero attached hydrogens (tertiary/aromatic N) is 5. The van der Waals surface area contributed by atoms with E-state index in [2.05, 4.69) is 61.2 Å². The lowest BCUT2D eigenvalue weighted by Crippen LogP contribution is -2.24. The molecule has 0 atom stereocenters. The Hall–Kier alpha value is -4.37. The number of rotatable bonds is 5. The molecule has 1 amide bonds. The zero-order valence-electron chi connectivity index (χ0n) is 21.9. The van der Waals surface area contributed by atoms with Crippen molar-refractivity contribution in [2.45, 2.75) is 52.7 Å². The van der Waals surface area contributed by atoms with Crippen molar-refractivity contribution < 1.29 is 9.32 Å². The summed E-state index contributed by atoms with van der Waals surface area (Å²) in [7, 11) is 0. The number of aryl methyl sites for hydroxylation is 1. The number of aromatic nitrogens is 5. The molecule has 9 heteroatoms.